The lowest BCUT2D eigenvalue weighted by molar-refractivity contribution is -0.119. The first-order chi connectivity index (χ1) is 14.5. The molecule has 8 heteroatoms. The molecule has 0 aliphatic carbocycles. The molecule has 3 aromatic rings. The maximum Gasteiger partial charge on any atom is 0.259 e. The predicted octanol–water partition coefficient (Wildman–Crippen LogP) is 5.64. The molecule has 1 amide bonds. The molecule has 0 bridgehead atoms. The number of hydrazone groups is 1. The maximum absolute atomic E-state index is 12.0. The van der Waals surface area contributed by atoms with Gasteiger partial charge in [-0.1, -0.05) is 30.3 Å². The number of rotatable bonds is 8. The first-order valence-corrected chi connectivity index (χ1v) is 12.2. The number of ether oxygens (including phenoxy) is 1. The van der Waals surface area contributed by atoms with Gasteiger partial charge in [-0.05, 0) is 115 Å². The quantitative estimate of drug-likeness (QED) is 0.179. The van der Waals surface area contributed by atoms with Gasteiger partial charge >= 0.3 is 0 Å². The highest BCUT2D eigenvalue weighted by Crippen LogP contribution is 2.29. The lowest BCUT2D eigenvalue weighted by Crippen LogP contribution is -2.25. The zero-order chi connectivity index (χ0) is 21.3. The average molecular weight is 737 g/mol. The Bertz CT molecular complexity index is 1000. The van der Waals surface area contributed by atoms with Gasteiger partial charge in [0.15, 0.2) is 0 Å². The van der Waals surface area contributed by atoms with E-state index < -0.39 is 0 Å². The molecule has 0 saturated carbocycles. The Morgan fingerprint density at radius 2 is 1.63 bits per heavy atom. The summed E-state index contributed by atoms with van der Waals surface area (Å²) in [6.07, 6.45) is 1.63. The minimum atomic E-state index is -0.211. The van der Waals surface area contributed by atoms with Gasteiger partial charge in [0, 0.05) is 9.26 Å². The Balaban J connectivity index is 1.52. The van der Waals surface area contributed by atoms with Gasteiger partial charge in [-0.15, -0.1) is 0 Å². The molecule has 0 spiro atoms. The molecule has 0 saturated heterocycles. The van der Waals surface area contributed by atoms with Crippen LogP contribution in [-0.2, 0) is 11.4 Å². The summed E-state index contributed by atoms with van der Waals surface area (Å²) in [6, 6.07) is 21.8. The van der Waals surface area contributed by atoms with Crippen LogP contribution in [0.2, 0.25) is 0 Å². The minimum Gasteiger partial charge on any atom is -0.487 e. The zero-order valence-corrected chi connectivity index (χ0v) is 22.2. The van der Waals surface area contributed by atoms with Crippen LogP contribution in [-0.4, -0.2) is 18.7 Å². The van der Waals surface area contributed by atoms with Crippen molar-refractivity contribution in [2.75, 3.05) is 11.9 Å². The molecule has 154 valence electrons. The Labute approximate surface area is 216 Å². The normalized spacial score (nSPS) is 10.8. The number of nitrogens with zero attached hydrogens (tertiary/aromatic N) is 1. The molecule has 3 rings (SSSR count). The van der Waals surface area contributed by atoms with Crippen LogP contribution in [0, 0.1) is 10.7 Å². The molecule has 0 radical (unpaired) electrons. The van der Waals surface area contributed by atoms with Gasteiger partial charge in [0.1, 0.15) is 12.4 Å². The second-order valence-corrected chi connectivity index (χ2v) is 9.81. The van der Waals surface area contributed by atoms with E-state index in [0.717, 1.165) is 33.3 Å². The monoisotopic (exact) mass is 737 g/mol. The molecule has 0 unspecified atom stereocenters. The van der Waals surface area contributed by atoms with E-state index in [4.69, 9.17) is 4.74 Å². The number of hydrogen-bond acceptors (Lipinski definition) is 4. The molecule has 0 fully saturated rings. The molecule has 30 heavy (non-hydrogen) atoms. The number of carbonyl (C=O) groups excluding carboxylic acids is 1. The third kappa shape index (κ3) is 7.38. The topological polar surface area (TPSA) is 62.7 Å². The van der Waals surface area contributed by atoms with E-state index in [-0.39, 0.29) is 12.5 Å². The van der Waals surface area contributed by atoms with Crippen molar-refractivity contribution >= 4 is 85.6 Å². The molecular weight excluding hydrogens is 719 g/mol. The second kappa shape index (κ2) is 11.8. The standard InChI is InChI=1S/C22H18I3N3O2/c23-17-6-8-18(9-7-17)26-13-21(29)28-27-12-16-10-19(24)22(20(25)11-16)30-14-15-4-2-1-3-5-15/h1-12,26H,13-14H2,(H,28,29)/b27-12-. The van der Waals surface area contributed by atoms with Crippen LogP contribution >= 0.6 is 67.8 Å². The Hall–Kier alpha value is -1.41. The number of carbonyl (C=O) groups is 1. The summed E-state index contributed by atoms with van der Waals surface area (Å²) in [5.41, 5.74) is 5.45. The van der Waals surface area contributed by atoms with Gasteiger partial charge in [0.05, 0.1) is 19.9 Å². The second-order valence-electron chi connectivity index (χ2n) is 6.24. The van der Waals surface area contributed by atoms with E-state index in [0.29, 0.717) is 6.61 Å². The van der Waals surface area contributed by atoms with E-state index in [1.807, 2.05) is 66.7 Å². The third-order valence-electron chi connectivity index (χ3n) is 3.95. The predicted molar refractivity (Wildman–Crippen MR) is 146 cm³/mol. The van der Waals surface area contributed by atoms with Gasteiger partial charge in [0.25, 0.3) is 5.91 Å². The summed E-state index contributed by atoms with van der Waals surface area (Å²) in [6.45, 7) is 0.670. The fourth-order valence-corrected chi connectivity index (χ4v) is 4.98. The minimum absolute atomic E-state index is 0.152. The lowest BCUT2D eigenvalue weighted by Gasteiger charge is -2.11. The van der Waals surface area contributed by atoms with Crippen LogP contribution < -0.4 is 15.5 Å². The summed E-state index contributed by atoms with van der Waals surface area (Å²) in [5, 5.41) is 7.13. The van der Waals surface area contributed by atoms with E-state index in [2.05, 4.69) is 83.6 Å². The van der Waals surface area contributed by atoms with E-state index in [9.17, 15) is 4.79 Å². The van der Waals surface area contributed by atoms with Gasteiger partial charge in [-0.3, -0.25) is 4.79 Å². The first kappa shape index (κ1) is 23.3. The highest BCUT2D eigenvalue weighted by atomic mass is 127. The van der Waals surface area contributed by atoms with Gasteiger partial charge in [-0.25, -0.2) is 5.43 Å². The summed E-state index contributed by atoms with van der Waals surface area (Å²) in [4.78, 5) is 12.0. The largest absolute Gasteiger partial charge is 0.487 e. The molecule has 2 N–H and O–H groups in total. The number of benzene rings is 3. The fourth-order valence-electron chi connectivity index (χ4n) is 2.49. The van der Waals surface area contributed by atoms with Gasteiger partial charge in [0.2, 0.25) is 0 Å². The summed E-state index contributed by atoms with van der Waals surface area (Å²) >= 11 is 6.74. The average Bonchev–Trinajstić information content (AvgIpc) is 2.73. The van der Waals surface area contributed by atoms with Crippen molar-refractivity contribution in [3.63, 3.8) is 0 Å². The van der Waals surface area contributed by atoms with Crippen molar-refractivity contribution in [3.8, 4) is 5.75 Å². The highest BCUT2D eigenvalue weighted by molar-refractivity contribution is 14.1. The molecule has 0 atom stereocenters. The number of anilines is 1. The molecule has 0 aromatic heterocycles. The number of nitrogens with one attached hydrogen (secondary N) is 2. The number of amides is 1. The molecule has 3 aromatic carbocycles. The van der Waals surface area contributed by atoms with Crippen molar-refractivity contribution in [1.29, 1.82) is 0 Å². The number of halogens is 3. The van der Waals surface area contributed by atoms with Crippen LogP contribution in [0.25, 0.3) is 0 Å². The Kier molecular flexibility index (Phi) is 9.18. The van der Waals surface area contributed by atoms with Crippen molar-refractivity contribution in [2.24, 2.45) is 5.10 Å². The van der Waals surface area contributed by atoms with Crippen LogP contribution in [0.4, 0.5) is 5.69 Å². The van der Waals surface area contributed by atoms with Crippen molar-refractivity contribution in [1.82, 2.24) is 5.43 Å². The molecule has 5 nitrogen and oxygen atoms in total. The third-order valence-corrected chi connectivity index (χ3v) is 6.27. The molecule has 0 aliphatic heterocycles. The summed E-state index contributed by atoms with van der Waals surface area (Å²) in [7, 11) is 0. The lowest BCUT2D eigenvalue weighted by atomic mass is 10.2. The Morgan fingerprint density at radius 1 is 0.967 bits per heavy atom. The van der Waals surface area contributed by atoms with Gasteiger partial charge in [-0.2, -0.15) is 5.10 Å². The molecular formula is C22H18I3N3O2. The summed E-state index contributed by atoms with van der Waals surface area (Å²) < 4.78 is 9.12. The smallest absolute Gasteiger partial charge is 0.259 e. The van der Waals surface area contributed by atoms with E-state index in [1.54, 1.807) is 6.21 Å². The fraction of sp³-hybridized carbons (Fsp3) is 0.0909. The summed E-state index contributed by atoms with van der Waals surface area (Å²) in [5.74, 6) is 0.639. The SMILES string of the molecule is O=C(CNc1ccc(I)cc1)N/N=C\c1cc(I)c(OCc2ccccc2)c(I)c1. The highest BCUT2D eigenvalue weighted by Gasteiger charge is 2.09. The first-order valence-electron chi connectivity index (χ1n) is 8.98. The van der Waals surface area contributed by atoms with Crippen LogP contribution in [0.5, 0.6) is 5.75 Å². The van der Waals surface area contributed by atoms with E-state index >= 15 is 0 Å². The van der Waals surface area contributed by atoms with Crippen molar-refractivity contribution < 1.29 is 9.53 Å². The number of hydrogen-bond donors (Lipinski definition) is 2. The van der Waals surface area contributed by atoms with Gasteiger partial charge < -0.3 is 10.1 Å². The molecule has 0 aliphatic rings. The zero-order valence-electron chi connectivity index (χ0n) is 15.7. The molecule has 0 heterocycles. The maximum atomic E-state index is 12.0. The van der Waals surface area contributed by atoms with Crippen molar-refractivity contribution in [3.05, 3.63) is 88.6 Å². The van der Waals surface area contributed by atoms with E-state index in [1.165, 1.54) is 0 Å². The van der Waals surface area contributed by atoms with Crippen molar-refractivity contribution in [2.45, 2.75) is 6.61 Å². The van der Waals surface area contributed by atoms with Crippen LogP contribution in [0.15, 0.2) is 71.8 Å². The van der Waals surface area contributed by atoms with Crippen LogP contribution in [0.1, 0.15) is 11.1 Å². The van der Waals surface area contributed by atoms with Crippen LogP contribution in [0.3, 0.4) is 0 Å². The Morgan fingerprint density at radius 3 is 2.30 bits per heavy atom.